The predicted molar refractivity (Wildman–Crippen MR) is 203 cm³/mol. The second kappa shape index (κ2) is 16.2. The Kier molecular flexibility index (Phi) is 12.0. The molecule has 4 aromatic rings. The van der Waals surface area contributed by atoms with Crippen molar-refractivity contribution in [3.05, 3.63) is 81.1 Å². The summed E-state index contributed by atoms with van der Waals surface area (Å²) in [4.78, 5) is 72.9. The molecule has 1 atom stereocenters. The molecule has 0 aliphatic heterocycles. The Morgan fingerprint density at radius 1 is 1.06 bits per heavy atom. The zero-order valence-corrected chi connectivity index (χ0v) is 31.6. The molecule has 4 amide bonds. The number of H-pyrrole nitrogens is 1. The number of oxazole rings is 1. The molecule has 1 saturated carbocycles. The van der Waals surface area contributed by atoms with Crippen molar-refractivity contribution in [3.8, 4) is 11.1 Å². The van der Waals surface area contributed by atoms with Crippen molar-refractivity contribution in [3.63, 3.8) is 0 Å². The highest BCUT2D eigenvalue weighted by atomic mass is 35.5. The van der Waals surface area contributed by atoms with E-state index in [2.05, 4.69) is 20.6 Å². The fraction of sp³-hybridized carbons (Fsp3) is 0.436. The standard InChI is InChI=1S/C39H47ClN6O7/c1-21(2)43-35(48)30-16-15-28(22(3)44-30)25-11-7-23(8-12-25)17-32(34(41)47)46(27-18-29(40)33-31(19-27)45-38(51)52-33)36(49)26-13-9-24(10-14-26)20-42-37(50)53-39(4,5)6/h7-8,11-12,15-16,18-19,21,24,26,32H,9-10,13-14,17,20H2,1-6H3,(H2,41,47)(H,42,50)(H,43,48)(H,45,51)/t24-,26-,32-/m0/s1. The summed E-state index contributed by atoms with van der Waals surface area (Å²) in [6, 6.07) is 13.0. The summed E-state index contributed by atoms with van der Waals surface area (Å²) >= 11 is 6.53. The smallest absolute Gasteiger partial charge is 0.417 e. The van der Waals surface area contributed by atoms with Gasteiger partial charge in [-0.3, -0.25) is 24.3 Å². The summed E-state index contributed by atoms with van der Waals surface area (Å²) in [6.45, 7) is 11.4. The van der Waals surface area contributed by atoms with E-state index in [1.54, 1.807) is 32.9 Å². The fourth-order valence-electron chi connectivity index (χ4n) is 6.65. The van der Waals surface area contributed by atoms with E-state index in [4.69, 9.17) is 26.5 Å². The number of nitrogens with one attached hydrogen (secondary N) is 3. The summed E-state index contributed by atoms with van der Waals surface area (Å²) < 4.78 is 10.5. The fourth-order valence-corrected chi connectivity index (χ4v) is 6.90. The number of hydrogen-bond donors (Lipinski definition) is 4. The number of primary amides is 1. The van der Waals surface area contributed by atoms with Crippen molar-refractivity contribution in [1.29, 1.82) is 0 Å². The van der Waals surface area contributed by atoms with Crippen LogP contribution in [0.5, 0.6) is 0 Å². The number of carbonyl (C=O) groups excluding carboxylic acids is 4. The molecular formula is C39H47ClN6O7. The first-order chi connectivity index (χ1) is 25.0. The van der Waals surface area contributed by atoms with Crippen LogP contribution in [0.25, 0.3) is 22.2 Å². The van der Waals surface area contributed by atoms with Gasteiger partial charge in [0.1, 0.15) is 17.3 Å². The number of carbonyl (C=O) groups is 4. The number of rotatable bonds is 11. The third-order valence-electron chi connectivity index (χ3n) is 9.18. The number of aromatic nitrogens is 2. The Balaban J connectivity index is 1.38. The van der Waals surface area contributed by atoms with Crippen molar-refractivity contribution in [1.82, 2.24) is 20.6 Å². The van der Waals surface area contributed by atoms with Crippen LogP contribution >= 0.6 is 11.6 Å². The van der Waals surface area contributed by atoms with E-state index >= 15 is 0 Å². The highest BCUT2D eigenvalue weighted by molar-refractivity contribution is 6.35. The van der Waals surface area contributed by atoms with E-state index in [0.717, 1.165) is 16.7 Å². The number of nitrogens with two attached hydrogens (primary N) is 1. The number of halogens is 1. The van der Waals surface area contributed by atoms with Crippen molar-refractivity contribution < 1.29 is 28.3 Å². The topological polar surface area (TPSA) is 190 Å². The number of benzene rings is 2. The monoisotopic (exact) mass is 746 g/mol. The Bertz CT molecular complexity index is 2040. The van der Waals surface area contributed by atoms with Gasteiger partial charge in [0.15, 0.2) is 5.58 Å². The molecule has 13 nitrogen and oxygen atoms in total. The highest BCUT2D eigenvalue weighted by Gasteiger charge is 2.37. The number of anilines is 1. The number of nitrogens with zero attached hydrogens (tertiary/aromatic N) is 2. The first-order valence-corrected chi connectivity index (χ1v) is 18.2. The summed E-state index contributed by atoms with van der Waals surface area (Å²) in [7, 11) is 0. The molecule has 14 heteroatoms. The lowest BCUT2D eigenvalue weighted by Crippen LogP contribution is -2.52. The van der Waals surface area contributed by atoms with Gasteiger partial charge < -0.3 is 25.5 Å². The van der Waals surface area contributed by atoms with Crippen LogP contribution in [0.3, 0.4) is 0 Å². The molecule has 1 aliphatic carbocycles. The summed E-state index contributed by atoms with van der Waals surface area (Å²) in [5.74, 6) is -2.25. The Morgan fingerprint density at radius 3 is 2.34 bits per heavy atom. The normalized spacial score (nSPS) is 16.6. The number of ether oxygens (including phenoxy) is 1. The van der Waals surface area contributed by atoms with Gasteiger partial charge in [0.2, 0.25) is 11.8 Å². The largest absolute Gasteiger partial charge is 0.444 e. The van der Waals surface area contributed by atoms with E-state index in [-0.39, 0.29) is 46.3 Å². The minimum Gasteiger partial charge on any atom is -0.444 e. The van der Waals surface area contributed by atoms with Crippen molar-refractivity contribution in [2.75, 3.05) is 11.4 Å². The van der Waals surface area contributed by atoms with Crippen LogP contribution in [0, 0.1) is 18.8 Å². The molecule has 2 heterocycles. The molecule has 5 rings (SSSR count). The third kappa shape index (κ3) is 9.83. The number of aromatic amines is 1. The lowest BCUT2D eigenvalue weighted by molar-refractivity contribution is -0.127. The van der Waals surface area contributed by atoms with Crippen molar-refractivity contribution in [2.24, 2.45) is 17.6 Å². The number of alkyl carbamates (subject to hydrolysis) is 1. The van der Waals surface area contributed by atoms with Gasteiger partial charge in [-0.15, -0.1) is 0 Å². The molecule has 1 aliphatic rings. The Labute approximate surface area is 313 Å². The molecule has 1 fully saturated rings. The van der Waals surface area contributed by atoms with Crippen LogP contribution in [0.15, 0.2) is 57.7 Å². The molecule has 0 unspecified atom stereocenters. The summed E-state index contributed by atoms with van der Waals surface area (Å²) in [5.41, 5.74) is 9.60. The van der Waals surface area contributed by atoms with Crippen LogP contribution in [-0.4, -0.2) is 58.0 Å². The van der Waals surface area contributed by atoms with E-state index in [9.17, 15) is 24.0 Å². The van der Waals surface area contributed by atoms with Gasteiger partial charge in [0, 0.05) is 41.9 Å². The number of amides is 4. The molecule has 5 N–H and O–H groups in total. The van der Waals surface area contributed by atoms with Crippen LogP contribution in [-0.2, 0) is 20.7 Å². The summed E-state index contributed by atoms with van der Waals surface area (Å²) in [5, 5.41) is 5.77. The average molecular weight is 747 g/mol. The predicted octanol–water partition coefficient (Wildman–Crippen LogP) is 6.04. The number of hydrogen-bond acceptors (Lipinski definition) is 8. The van der Waals surface area contributed by atoms with E-state index in [1.807, 2.05) is 51.1 Å². The minimum atomic E-state index is -1.10. The maximum absolute atomic E-state index is 14.5. The van der Waals surface area contributed by atoms with Crippen molar-refractivity contribution in [2.45, 2.75) is 91.3 Å². The van der Waals surface area contributed by atoms with E-state index in [1.165, 1.54) is 11.0 Å². The first-order valence-electron chi connectivity index (χ1n) is 17.8. The number of fused-ring (bicyclic) bond motifs is 1. The van der Waals surface area contributed by atoms with Gasteiger partial charge in [0.25, 0.3) is 5.91 Å². The van der Waals surface area contributed by atoms with Crippen LogP contribution in [0.4, 0.5) is 10.5 Å². The third-order valence-corrected chi connectivity index (χ3v) is 9.46. The quantitative estimate of drug-likeness (QED) is 0.143. The maximum Gasteiger partial charge on any atom is 0.417 e. The molecule has 0 saturated heterocycles. The number of pyridine rings is 1. The second-order valence-electron chi connectivity index (χ2n) is 14.9. The van der Waals surface area contributed by atoms with Gasteiger partial charge >= 0.3 is 11.8 Å². The molecular weight excluding hydrogens is 700 g/mol. The Morgan fingerprint density at radius 2 is 1.74 bits per heavy atom. The van der Waals surface area contributed by atoms with Crippen LogP contribution in [0.1, 0.15) is 82.0 Å². The molecule has 0 spiro atoms. The zero-order chi connectivity index (χ0) is 38.6. The lowest BCUT2D eigenvalue weighted by atomic mass is 9.81. The van der Waals surface area contributed by atoms with E-state index in [0.29, 0.717) is 49.3 Å². The van der Waals surface area contributed by atoms with Gasteiger partial charge in [-0.2, -0.15) is 0 Å². The lowest BCUT2D eigenvalue weighted by Gasteiger charge is -2.36. The molecule has 2 aromatic heterocycles. The molecule has 2 aromatic carbocycles. The molecule has 0 bridgehead atoms. The van der Waals surface area contributed by atoms with E-state index < -0.39 is 35.3 Å². The van der Waals surface area contributed by atoms with Crippen LogP contribution < -0.4 is 27.0 Å². The van der Waals surface area contributed by atoms with Gasteiger partial charge in [-0.1, -0.05) is 41.9 Å². The second-order valence-corrected chi connectivity index (χ2v) is 15.3. The highest BCUT2D eigenvalue weighted by Crippen LogP contribution is 2.35. The van der Waals surface area contributed by atoms with Gasteiger partial charge in [-0.25, -0.2) is 14.6 Å². The van der Waals surface area contributed by atoms with Crippen LogP contribution in [0.2, 0.25) is 5.02 Å². The Hall–Kier alpha value is -5.17. The van der Waals surface area contributed by atoms with Crippen molar-refractivity contribution >= 4 is 52.2 Å². The first kappa shape index (κ1) is 39.0. The van der Waals surface area contributed by atoms with Gasteiger partial charge in [-0.05, 0) is 102 Å². The summed E-state index contributed by atoms with van der Waals surface area (Å²) in [6.07, 6.45) is 2.02. The average Bonchev–Trinajstić information content (AvgIpc) is 3.47. The van der Waals surface area contributed by atoms with Gasteiger partial charge in [0.05, 0.1) is 10.5 Å². The molecule has 282 valence electrons. The maximum atomic E-state index is 14.5. The SMILES string of the molecule is Cc1nc(C(=O)NC(C)C)ccc1-c1ccc(C[C@@H](C(N)=O)N(c2cc(Cl)c3oc(=O)[nH]c3c2)C(=O)[C@H]2CC[C@H](CNC(=O)OC(C)(C)C)CC2)cc1. The number of aryl methyl sites for hydroxylation is 1. The molecule has 53 heavy (non-hydrogen) atoms. The molecule has 0 radical (unpaired) electrons. The zero-order valence-electron chi connectivity index (χ0n) is 30.9. The minimum absolute atomic E-state index is 0.0170.